The first-order valence-corrected chi connectivity index (χ1v) is 11.4. The SMILES string of the molecule is C[C@@H]1CCCC[C@@H]1NC(=O)COc1ccc(S(=O)(=O)N2CCCC2)cc1[N+](=O)[O-]. The van der Waals surface area contributed by atoms with Crippen LogP contribution in [0, 0.1) is 16.0 Å². The highest BCUT2D eigenvalue weighted by Gasteiger charge is 2.30. The number of hydrogen-bond acceptors (Lipinski definition) is 6. The molecule has 0 aromatic heterocycles. The molecule has 3 rings (SSSR count). The van der Waals surface area contributed by atoms with Gasteiger partial charge in [-0.25, -0.2) is 8.42 Å². The third-order valence-electron chi connectivity index (χ3n) is 5.65. The maximum absolute atomic E-state index is 12.6. The number of nitrogens with one attached hydrogen (secondary N) is 1. The van der Waals surface area contributed by atoms with Crippen LogP contribution in [0.15, 0.2) is 23.1 Å². The second kappa shape index (κ2) is 9.08. The van der Waals surface area contributed by atoms with Gasteiger partial charge in [-0.3, -0.25) is 14.9 Å². The summed E-state index contributed by atoms with van der Waals surface area (Å²) in [6.45, 7) is 2.56. The Morgan fingerprint density at radius 1 is 1.24 bits per heavy atom. The first-order valence-electron chi connectivity index (χ1n) is 10.00. The van der Waals surface area contributed by atoms with Crippen LogP contribution in [0.3, 0.4) is 0 Å². The average Bonchev–Trinajstić information content (AvgIpc) is 3.23. The number of rotatable bonds is 7. The van der Waals surface area contributed by atoms with Crippen molar-refractivity contribution in [3.8, 4) is 5.75 Å². The van der Waals surface area contributed by atoms with Crippen LogP contribution in [-0.2, 0) is 14.8 Å². The van der Waals surface area contributed by atoms with Crippen LogP contribution < -0.4 is 10.1 Å². The standard InChI is InChI=1S/C19H27N3O6S/c1-14-6-2-3-7-16(14)20-19(23)13-28-18-9-8-15(12-17(18)22(24)25)29(26,27)21-10-4-5-11-21/h8-9,12,14,16H,2-7,10-11,13H2,1H3,(H,20,23)/t14-,16+/m1/s1. The van der Waals surface area contributed by atoms with E-state index in [1.54, 1.807) is 0 Å². The normalized spacial score (nSPS) is 22.9. The number of carbonyl (C=O) groups is 1. The molecule has 1 saturated heterocycles. The van der Waals surface area contributed by atoms with Crippen molar-refractivity contribution in [1.29, 1.82) is 0 Å². The van der Waals surface area contributed by atoms with Crippen LogP contribution in [0.25, 0.3) is 0 Å². The van der Waals surface area contributed by atoms with Gasteiger partial charge in [-0.05, 0) is 43.7 Å². The molecule has 0 spiro atoms. The van der Waals surface area contributed by atoms with Gasteiger partial charge in [0.1, 0.15) is 0 Å². The lowest BCUT2D eigenvalue weighted by atomic mass is 9.86. The fourth-order valence-electron chi connectivity index (χ4n) is 3.92. The van der Waals surface area contributed by atoms with Crippen molar-refractivity contribution in [2.24, 2.45) is 5.92 Å². The van der Waals surface area contributed by atoms with E-state index in [2.05, 4.69) is 12.2 Å². The van der Waals surface area contributed by atoms with Gasteiger partial charge in [0.25, 0.3) is 5.91 Å². The molecule has 1 amide bonds. The molecule has 1 N–H and O–H groups in total. The zero-order chi connectivity index (χ0) is 21.0. The minimum Gasteiger partial charge on any atom is -0.477 e. The molecule has 1 aliphatic carbocycles. The fraction of sp³-hybridized carbons (Fsp3) is 0.632. The summed E-state index contributed by atoms with van der Waals surface area (Å²) in [4.78, 5) is 22.8. The maximum atomic E-state index is 12.6. The summed E-state index contributed by atoms with van der Waals surface area (Å²) in [6, 6.07) is 3.63. The molecule has 2 aliphatic rings. The van der Waals surface area contributed by atoms with E-state index in [1.165, 1.54) is 16.4 Å². The minimum atomic E-state index is -3.77. The number of amides is 1. The first kappa shape index (κ1) is 21.5. The fourth-order valence-corrected chi connectivity index (χ4v) is 5.46. The molecule has 0 bridgehead atoms. The van der Waals surface area contributed by atoms with Gasteiger partial charge in [-0.15, -0.1) is 0 Å². The summed E-state index contributed by atoms with van der Waals surface area (Å²) in [5.41, 5.74) is -0.468. The van der Waals surface area contributed by atoms with Gasteiger partial charge in [-0.2, -0.15) is 4.31 Å². The third kappa shape index (κ3) is 5.05. The quantitative estimate of drug-likeness (QED) is 0.529. The summed E-state index contributed by atoms with van der Waals surface area (Å²) in [7, 11) is -3.77. The van der Waals surface area contributed by atoms with Crippen molar-refractivity contribution in [2.45, 2.75) is 56.4 Å². The molecule has 1 aliphatic heterocycles. The lowest BCUT2D eigenvalue weighted by molar-refractivity contribution is -0.386. The molecule has 29 heavy (non-hydrogen) atoms. The second-order valence-electron chi connectivity index (χ2n) is 7.72. The number of hydrogen-bond donors (Lipinski definition) is 1. The van der Waals surface area contributed by atoms with Gasteiger partial charge in [0.05, 0.1) is 9.82 Å². The topological polar surface area (TPSA) is 119 Å². The number of benzene rings is 1. The van der Waals surface area contributed by atoms with Crippen LogP contribution in [-0.4, -0.2) is 49.3 Å². The molecule has 160 valence electrons. The summed E-state index contributed by atoms with van der Waals surface area (Å²) in [6.07, 6.45) is 5.74. The monoisotopic (exact) mass is 425 g/mol. The molecule has 0 unspecified atom stereocenters. The van der Waals surface area contributed by atoms with Crippen LogP contribution in [0.1, 0.15) is 45.4 Å². The van der Waals surface area contributed by atoms with E-state index in [9.17, 15) is 23.3 Å². The van der Waals surface area contributed by atoms with Crippen molar-refractivity contribution in [3.05, 3.63) is 28.3 Å². The van der Waals surface area contributed by atoms with Crippen molar-refractivity contribution in [2.75, 3.05) is 19.7 Å². The van der Waals surface area contributed by atoms with E-state index in [4.69, 9.17) is 4.74 Å². The molecule has 0 radical (unpaired) electrons. The number of nitrogens with zero attached hydrogens (tertiary/aromatic N) is 2. The van der Waals surface area contributed by atoms with E-state index in [1.807, 2.05) is 0 Å². The molecule has 1 saturated carbocycles. The van der Waals surface area contributed by atoms with Crippen molar-refractivity contribution < 1.29 is 22.9 Å². The number of carbonyl (C=O) groups excluding carboxylic acids is 1. The Balaban J connectivity index is 1.69. The van der Waals surface area contributed by atoms with Crippen molar-refractivity contribution in [3.63, 3.8) is 0 Å². The van der Waals surface area contributed by atoms with Gasteiger partial charge in [0.15, 0.2) is 12.4 Å². The third-order valence-corrected chi connectivity index (χ3v) is 7.54. The predicted octanol–water partition coefficient (Wildman–Crippen LogP) is 2.45. The molecule has 1 heterocycles. The number of nitro groups is 1. The van der Waals surface area contributed by atoms with E-state index in [0.717, 1.165) is 44.6 Å². The smallest absolute Gasteiger partial charge is 0.312 e. The largest absolute Gasteiger partial charge is 0.477 e. The Morgan fingerprint density at radius 2 is 1.93 bits per heavy atom. The lowest BCUT2D eigenvalue weighted by Crippen LogP contribution is -2.43. The average molecular weight is 426 g/mol. The van der Waals surface area contributed by atoms with Crippen LogP contribution in [0.5, 0.6) is 5.75 Å². The number of sulfonamides is 1. The van der Waals surface area contributed by atoms with E-state index < -0.39 is 20.6 Å². The van der Waals surface area contributed by atoms with Gasteiger partial charge in [0.2, 0.25) is 10.0 Å². The molecular formula is C19H27N3O6S. The molecule has 2 fully saturated rings. The summed E-state index contributed by atoms with van der Waals surface area (Å²) < 4.78 is 32.0. The minimum absolute atomic E-state index is 0.0859. The van der Waals surface area contributed by atoms with E-state index in [-0.39, 0.29) is 29.2 Å². The highest BCUT2D eigenvalue weighted by atomic mass is 32.2. The number of ether oxygens (including phenoxy) is 1. The Kier molecular flexibility index (Phi) is 6.74. The lowest BCUT2D eigenvalue weighted by Gasteiger charge is -2.29. The van der Waals surface area contributed by atoms with Crippen LogP contribution in [0.2, 0.25) is 0 Å². The second-order valence-corrected chi connectivity index (χ2v) is 9.66. The van der Waals surface area contributed by atoms with Gasteiger partial charge < -0.3 is 10.1 Å². The highest BCUT2D eigenvalue weighted by Crippen LogP contribution is 2.32. The zero-order valence-corrected chi connectivity index (χ0v) is 17.3. The van der Waals surface area contributed by atoms with Gasteiger partial charge in [-0.1, -0.05) is 19.8 Å². The zero-order valence-electron chi connectivity index (χ0n) is 16.5. The Hall–Kier alpha value is -2.20. The Labute approximate surface area is 170 Å². The van der Waals surface area contributed by atoms with Crippen LogP contribution >= 0.6 is 0 Å². The highest BCUT2D eigenvalue weighted by molar-refractivity contribution is 7.89. The maximum Gasteiger partial charge on any atom is 0.312 e. The van der Waals surface area contributed by atoms with E-state index in [0.29, 0.717) is 19.0 Å². The molecule has 1 aromatic carbocycles. The van der Waals surface area contributed by atoms with Crippen molar-refractivity contribution in [1.82, 2.24) is 9.62 Å². The number of nitro benzene ring substituents is 1. The molecule has 2 atom stereocenters. The first-order chi connectivity index (χ1) is 13.8. The predicted molar refractivity (Wildman–Crippen MR) is 106 cm³/mol. The summed E-state index contributed by atoms with van der Waals surface area (Å²) >= 11 is 0. The summed E-state index contributed by atoms with van der Waals surface area (Å²) in [5, 5.41) is 14.4. The summed E-state index contributed by atoms with van der Waals surface area (Å²) in [5.74, 6) is -0.0776. The van der Waals surface area contributed by atoms with Gasteiger partial charge in [0, 0.05) is 25.2 Å². The molecule has 1 aromatic rings. The van der Waals surface area contributed by atoms with Gasteiger partial charge >= 0.3 is 5.69 Å². The molecule has 9 nitrogen and oxygen atoms in total. The van der Waals surface area contributed by atoms with Crippen molar-refractivity contribution >= 4 is 21.6 Å². The van der Waals surface area contributed by atoms with E-state index >= 15 is 0 Å². The molecular weight excluding hydrogens is 398 g/mol. The van der Waals surface area contributed by atoms with Crippen LogP contribution in [0.4, 0.5) is 5.69 Å². The molecule has 10 heteroatoms. The Bertz CT molecular complexity index is 867. The Morgan fingerprint density at radius 3 is 2.59 bits per heavy atom.